The molecule has 0 atom stereocenters. The Kier molecular flexibility index (Phi) is 4.62. The van der Waals surface area contributed by atoms with Gasteiger partial charge in [0.25, 0.3) is 0 Å². The molecule has 0 aromatic heterocycles. The van der Waals surface area contributed by atoms with Crippen LogP contribution in [0.3, 0.4) is 0 Å². The molecule has 1 aromatic carbocycles. The highest BCUT2D eigenvalue weighted by Crippen LogP contribution is 2.30. The number of hydrogen-bond donors (Lipinski definition) is 1. The van der Waals surface area contributed by atoms with E-state index >= 15 is 0 Å². The topological polar surface area (TPSA) is 46.5 Å². The van der Waals surface area contributed by atoms with Crippen LogP contribution < -0.4 is 4.74 Å². The second-order valence-corrected chi connectivity index (χ2v) is 4.11. The molecule has 6 heteroatoms. The molecule has 0 aliphatic carbocycles. The van der Waals surface area contributed by atoms with E-state index in [9.17, 15) is 13.6 Å². The van der Waals surface area contributed by atoms with Gasteiger partial charge in [0.2, 0.25) is 0 Å². The van der Waals surface area contributed by atoms with Crippen molar-refractivity contribution in [2.75, 3.05) is 0 Å². The Morgan fingerprint density at radius 1 is 1.53 bits per heavy atom. The van der Waals surface area contributed by atoms with Crippen LogP contribution in [0.5, 0.6) is 5.75 Å². The normalized spacial score (nSPS) is 11.1. The number of alkyl halides is 2. The molecule has 0 heterocycles. The lowest BCUT2D eigenvalue weighted by Crippen LogP contribution is -2.05. The van der Waals surface area contributed by atoms with Crippen LogP contribution in [-0.4, -0.2) is 17.7 Å². The van der Waals surface area contributed by atoms with Crippen LogP contribution in [0.25, 0.3) is 6.08 Å². The Morgan fingerprint density at radius 2 is 2.18 bits per heavy atom. The monoisotopic (exact) mass is 306 g/mol. The summed E-state index contributed by atoms with van der Waals surface area (Å²) in [5.74, 6) is -1.19. The predicted molar refractivity (Wildman–Crippen MR) is 62.2 cm³/mol. The van der Waals surface area contributed by atoms with E-state index in [-0.39, 0.29) is 11.3 Å². The lowest BCUT2D eigenvalue weighted by atomic mass is 10.1. The highest BCUT2D eigenvalue weighted by Gasteiger charge is 2.12. The number of aryl methyl sites for hydroxylation is 1. The van der Waals surface area contributed by atoms with Crippen LogP contribution in [0.2, 0.25) is 0 Å². The minimum absolute atomic E-state index is 0.0271. The first kappa shape index (κ1) is 13.6. The summed E-state index contributed by atoms with van der Waals surface area (Å²) in [7, 11) is 0. The standard InChI is InChI=1S/C11H9BrF2O3/c1-6-4-8(12)5-7(2-3-9(15)16)10(6)17-11(13)14/h2-5,11H,1H3,(H,15,16)/b3-2+. The molecule has 0 radical (unpaired) electrons. The van der Waals surface area contributed by atoms with E-state index in [1.165, 1.54) is 12.1 Å². The number of ether oxygens (including phenoxy) is 1. The van der Waals surface area contributed by atoms with Crippen LogP contribution in [0, 0.1) is 6.92 Å². The maximum Gasteiger partial charge on any atom is 0.387 e. The first-order valence-electron chi connectivity index (χ1n) is 4.56. The largest absolute Gasteiger partial charge is 0.478 e. The van der Waals surface area contributed by atoms with Gasteiger partial charge in [-0.15, -0.1) is 0 Å². The summed E-state index contributed by atoms with van der Waals surface area (Å²) in [6.45, 7) is -1.35. The van der Waals surface area contributed by atoms with E-state index in [2.05, 4.69) is 20.7 Å². The van der Waals surface area contributed by atoms with Gasteiger partial charge in [-0.05, 0) is 30.7 Å². The van der Waals surface area contributed by atoms with Gasteiger partial charge < -0.3 is 9.84 Å². The molecule has 0 aliphatic rings. The van der Waals surface area contributed by atoms with Crippen molar-refractivity contribution < 1.29 is 23.4 Å². The van der Waals surface area contributed by atoms with E-state index in [0.29, 0.717) is 10.0 Å². The first-order valence-corrected chi connectivity index (χ1v) is 5.35. The number of carbonyl (C=O) groups is 1. The van der Waals surface area contributed by atoms with Gasteiger partial charge in [-0.2, -0.15) is 8.78 Å². The molecule has 0 fully saturated rings. The van der Waals surface area contributed by atoms with Gasteiger partial charge in [-0.25, -0.2) is 4.79 Å². The lowest BCUT2D eigenvalue weighted by molar-refractivity contribution is -0.131. The number of carboxylic acid groups (broad SMARTS) is 1. The summed E-state index contributed by atoms with van der Waals surface area (Å²) in [5, 5.41) is 8.50. The third kappa shape index (κ3) is 4.14. The number of benzene rings is 1. The molecular formula is C11H9BrF2O3. The lowest BCUT2D eigenvalue weighted by Gasteiger charge is -2.11. The third-order valence-electron chi connectivity index (χ3n) is 1.88. The number of aliphatic carboxylic acids is 1. The van der Waals surface area contributed by atoms with Crippen molar-refractivity contribution in [2.24, 2.45) is 0 Å². The van der Waals surface area contributed by atoms with E-state index in [0.717, 1.165) is 6.08 Å². The third-order valence-corrected chi connectivity index (χ3v) is 2.34. The summed E-state index contributed by atoms with van der Waals surface area (Å²) in [6, 6.07) is 3.11. The quantitative estimate of drug-likeness (QED) is 0.867. The van der Waals surface area contributed by atoms with Gasteiger partial charge in [0, 0.05) is 16.1 Å². The molecule has 0 unspecified atom stereocenters. The smallest absolute Gasteiger partial charge is 0.387 e. The molecule has 0 amide bonds. The van der Waals surface area contributed by atoms with E-state index in [4.69, 9.17) is 5.11 Å². The van der Waals surface area contributed by atoms with Crippen molar-refractivity contribution in [3.8, 4) is 5.75 Å². The number of rotatable bonds is 4. The fraction of sp³-hybridized carbons (Fsp3) is 0.182. The highest BCUT2D eigenvalue weighted by atomic mass is 79.9. The molecule has 3 nitrogen and oxygen atoms in total. The van der Waals surface area contributed by atoms with Crippen LogP contribution in [0.1, 0.15) is 11.1 Å². The molecule has 1 rings (SSSR count). The summed E-state index contributed by atoms with van der Waals surface area (Å²) in [5.41, 5.74) is 0.768. The molecule has 92 valence electrons. The maximum absolute atomic E-state index is 12.2. The zero-order chi connectivity index (χ0) is 13.0. The van der Waals surface area contributed by atoms with Crippen molar-refractivity contribution in [3.05, 3.63) is 33.8 Å². The van der Waals surface area contributed by atoms with Gasteiger partial charge in [0.05, 0.1) is 0 Å². The molecule has 0 saturated heterocycles. The number of halogens is 3. The SMILES string of the molecule is Cc1cc(Br)cc(/C=C/C(=O)O)c1OC(F)F. The van der Waals surface area contributed by atoms with Gasteiger partial charge in [-0.1, -0.05) is 15.9 Å². The first-order chi connectivity index (χ1) is 7.90. The molecule has 0 aliphatic heterocycles. The Bertz CT molecular complexity index is 458. The van der Waals surface area contributed by atoms with Crippen molar-refractivity contribution in [1.82, 2.24) is 0 Å². The van der Waals surface area contributed by atoms with E-state index < -0.39 is 12.6 Å². The Labute approximate surface area is 105 Å². The molecule has 1 aromatic rings. The summed E-state index contributed by atoms with van der Waals surface area (Å²) in [4.78, 5) is 10.4. The summed E-state index contributed by atoms with van der Waals surface area (Å²) >= 11 is 3.20. The van der Waals surface area contributed by atoms with Crippen molar-refractivity contribution in [2.45, 2.75) is 13.5 Å². The van der Waals surface area contributed by atoms with Gasteiger partial charge >= 0.3 is 12.6 Å². The number of hydrogen-bond acceptors (Lipinski definition) is 2. The minimum Gasteiger partial charge on any atom is -0.478 e. The van der Waals surface area contributed by atoms with Crippen LogP contribution in [0.4, 0.5) is 8.78 Å². The van der Waals surface area contributed by atoms with Crippen molar-refractivity contribution in [3.63, 3.8) is 0 Å². The van der Waals surface area contributed by atoms with Gasteiger partial charge in [0.1, 0.15) is 5.75 Å². The maximum atomic E-state index is 12.2. The van der Waals surface area contributed by atoms with Crippen LogP contribution >= 0.6 is 15.9 Å². The predicted octanol–water partition coefficient (Wildman–Crippen LogP) is 3.46. The fourth-order valence-corrected chi connectivity index (χ4v) is 1.88. The highest BCUT2D eigenvalue weighted by molar-refractivity contribution is 9.10. The van der Waals surface area contributed by atoms with Crippen molar-refractivity contribution >= 4 is 28.0 Å². The van der Waals surface area contributed by atoms with Crippen LogP contribution in [-0.2, 0) is 4.79 Å². The second kappa shape index (κ2) is 5.77. The number of carboxylic acids is 1. The van der Waals surface area contributed by atoms with E-state index in [1.807, 2.05) is 0 Å². The molecule has 1 N–H and O–H groups in total. The summed E-state index contributed by atoms with van der Waals surface area (Å²) < 4.78 is 29.4. The molecular weight excluding hydrogens is 298 g/mol. The average molecular weight is 307 g/mol. The van der Waals surface area contributed by atoms with Crippen LogP contribution in [0.15, 0.2) is 22.7 Å². The van der Waals surface area contributed by atoms with Crippen molar-refractivity contribution in [1.29, 1.82) is 0 Å². The fourth-order valence-electron chi connectivity index (χ4n) is 1.29. The van der Waals surface area contributed by atoms with E-state index in [1.54, 1.807) is 13.0 Å². The zero-order valence-electron chi connectivity index (χ0n) is 8.78. The van der Waals surface area contributed by atoms with Gasteiger partial charge in [-0.3, -0.25) is 0 Å². The second-order valence-electron chi connectivity index (χ2n) is 3.19. The minimum atomic E-state index is -2.95. The molecule has 0 spiro atoms. The molecule has 0 bridgehead atoms. The molecule has 17 heavy (non-hydrogen) atoms. The Morgan fingerprint density at radius 3 is 2.71 bits per heavy atom. The zero-order valence-corrected chi connectivity index (χ0v) is 10.4. The Hall–Kier alpha value is -1.43. The van der Waals surface area contributed by atoms with Gasteiger partial charge in [0.15, 0.2) is 0 Å². The molecule has 0 saturated carbocycles. The summed E-state index contributed by atoms with van der Waals surface area (Å²) in [6.07, 6.45) is 2.07. The average Bonchev–Trinajstić information content (AvgIpc) is 2.18. The Balaban J connectivity index is 3.20.